The molecule has 0 saturated carbocycles. The van der Waals surface area contributed by atoms with Crippen LogP contribution >= 0.6 is 22.6 Å². The van der Waals surface area contributed by atoms with Gasteiger partial charge in [-0.25, -0.2) is 0 Å². The third-order valence-corrected chi connectivity index (χ3v) is 6.14. The summed E-state index contributed by atoms with van der Waals surface area (Å²) in [5, 5.41) is 0. The standard InChI is InChI=1S/C19H28INO4/c1-6-19(14-7-8-15(23-4)16(11-14)24-5)9-10-21(3)17(19)12-18(20)25-13(2)22/h7-8,11,17-18H,6,9-10,12H2,1-5H3. The molecule has 0 radical (unpaired) electrons. The predicted octanol–water partition coefficient (Wildman–Crippen LogP) is 3.77. The molecule has 0 aliphatic carbocycles. The number of hydrogen-bond acceptors (Lipinski definition) is 5. The van der Waals surface area contributed by atoms with E-state index in [0.717, 1.165) is 37.3 Å². The monoisotopic (exact) mass is 461 g/mol. The minimum Gasteiger partial charge on any atom is -0.493 e. The number of alkyl halides is 1. The molecule has 0 bridgehead atoms. The van der Waals surface area contributed by atoms with Crippen molar-refractivity contribution in [3.8, 4) is 11.5 Å². The highest BCUT2D eigenvalue weighted by Gasteiger charge is 2.47. The zero-order valence-electron chi connectivity index (χ0n) is 15.7. The van der Waals surface area contributed by atoms with Crippen molar-refractivity contribution < 1.29 is 19.0 Å². The molecule has 0 spiro atoms. The predicted molar refractivity (Wildman–Crippen MR) is 107 cm³/mol. The van der Waals surface area contributed by atoms with E-state index in [1.807, 2.05) is 6.07 Å². The molecule has 5 nitrogen and oxygen atoms in total. The van der Waals surface area contributed by atoms with Crippen molar-refractivity contribution in [2.45, 2.75) is 48.7 Å². The molecule has 1 aliphatic rings. The van der Waals surface area contributed by atoms with Crippen molar-refractivity contribution in [3.63, 3.8) is 0 Å². The number of carbonyl (C=O) groups is 1. The molecule has 2 rings (SSSR count). The van der Waals surface area contributed by atoms with Gasteiger partial charge in [0.05, 0.1) is 14.2 Å². The van der Waals surface area contributed by atoms with Crippen LogP contribution in [-0.2, 0) is 14.9 Å². The van der Waals surface area contributed by atoms with E-state index in [1.54, 1.807) is 14.2 Å². The molecule has 3 atom stereocenters. The molecule has 1 heterocycles. The lowest BCUT2D eigenvalue weighted by Crippen LogP contribution is -2.42. The van der Waals surface area contributed by atoms with Crippen molar-refractivity contribution in [2.75, 3.05) is 27.8 Å². The van der Waals surface area contributed by atoms with Crippen molar-refractivity contribution in [3.05, 3.63) is 23.8 Å². The maximum absolute atomic E-state index is 11.3. The van der Waals surface area contributed by atoms with E-state index >= 15 is 0 Å². The molecule has 1 fully saturated rings. The van der Waals surface area contributed by atoms with Gasteiger partial charge in [-0.1, -0.05) is 13.0 Å². The molecule has 1 aromatic carbocycles. The Morgan fingerprint density at radius 1 is 1.36 bits per heavy atom. The van der Waals surface area contributed by atoms with Crippen molar-refractivity contribution in [2.24, 2.45) is 0 Å². The lowest BCUT2D eigenvalue weighted by Gasteiger charge is -2.38. The van der Waals surface area contributed by atoms with Gasteiger partial charge in [-0.2, -0.15) is 0 Å². The van der Waals surface area contributed by atoms with Gasteiger partial charge in [0.15, 0.2) is 15.6 Å². The maximum atomic E-state index is 11.3. The van der Waals surface area contributed by atoms with Crippen LogP contribution in [0.4, 0.5) is 0 Å². The summed E-state index contributed by atoms with van der Waals surface area (Å²) in [6, 6.07) is 6.53. The van der Waals surface area contributed by atoms with E-state index in [1.165, 1.54) is 12.5 Å². The van der Waals surface area contributed by atoms with Gasteiger partial charge in [0.2, 0.25) is 0 Å². The summed E-state index contributed by atoms with van der Waals surface area (Å²) in [6.07, 6.45) is 2.89. The van der Waals surface area contributed by atoms with E-state index in [4.69, 9.17) is 14.2 Å². The Bertz CT molecular complexity index is 609. The molecule has 140 valence electrons. The van der Waals surface area contributed by atoms with Crippen molar-refractivity contribution in [1.82, 2.24) is 4.90 Å². The van der Waals surface area contributed by atoms with Crippen LogP contribution in [0.3, 0.4) is 0 Å². The normalized spacial score (nSPS) is 24.8. The summed E-state index contributed by atoms with van der Waals surface area (Å²) >= 11 is 2.22. The van der Waals surface area contributed by atoms with Gasteiger partial charge >= 0.3 is 5.97 Å². The van der Waals surface area contributed by atoms with E-state index in [2.05, 4.69) is 53.6 Å². The largest absolute Gasteiger partial charge is 0.493 e. The number of likely N-dealkylation sites (N-methyl/N-ethyl adjacent to an activating group) is 1. The Morgan fingerprint density at radius 2 is 2.04 bits per heavy atom. The highest BCUT2D eigenvalue weighted by atomic mass is 127. The number of ether oxygens (including phenoxy) is 3. The molecule has 0 aromatic heterocycles. The Kier molecular flexibility index (Phi) is 6.96. The van der Waals surface area contributed by atoms with Gasteiger partial charge in [0.25, 0.3) is 0 Å². The molecular formula is C19H28INO4. The third-order valence-electron chi connectivity index (χ3n) is 5.37. The fourth-order valence-corrected chi connectivity index (χ4v) is 4.87. The summed E-state index contributed by atoms with van der Waals surface area (Å²) in [7, 11) is 5.47. The molecular weight excluding hydrogens is 433 g/mol. The fourth-order valence-electron chi connectivity index (χ4n) is 4.03. The van der Waals surface area contributed by atoms with Gasteiger partial charge in [0, 0.05) is 24.8 Å². The first kappa shape index (κ1) is 20.3. The molecule has 1 saturated heterocycles. The lowest BCUT2D eigenvalue weighted by molar-refractivity contribution is -0.142. The summed E-state index contributed by atoms with van der Waals surface area (Å²) in [5.74, 6) is 1.27. The van der Waals surface area contributed by atoms with Crippen LogP contribution in [0, 0.1) is 0 Å². The number of rotatable bonds is 7. The summed E-state index contributed by atoms with van der Waals surface area (Å²) in [6.45, 7) is 4.72. The van der Waals surface area contributed by atoms with Gasteiger partial charge in [-0.15, -0.1) is 0 Å². The molecule has 25 heavy (non-hydrogen) atoms. The van der Waals surface area contributed by atoms with Crippen LogP contribution in [-0.4, -0.2) is 48.8 Å². The van der Waals surface area contributed by atoms with Crippen LogP contribution in [0.5, 0.6) is 11.5 Å². The second kappa shape index (κ2) is 8.58. The highest BCUT2D eigenvalue weighted by Crippen LogP contribution is 2.46. The highest BCUT2D eigenvalue weighted by molar-refractivity contribution is 14.1. The molecule has 0 amide bonds. The van der Waals surface area contributed by atoms with Crippen LogP contribution in [0.25, 0.3) is 0 Å². The zero-order valence-corrected chi connectivity index (χ0v) is 17.8. The van der Waals surface area contributed by atoms with Crippen LogP contribution < -0.4 is 9.47 Å². The average molecular weight is 461 g/mol. The molecule has 1 aromatic rings. The number of halogens is 1. The fraction of sp³-hybridized carbons (Fsp3) is 0.632. The second-order valence-electron chi connectivity index (χ2n) is 6.58. The average Bonchev–Trinajstić information content (AvgIpc) is 2.90. The van der Waals surface area contributed by atoms with Gasteiger partial charge in [-0.05, 0) is 66.7 Å². The van der Waals surface area contributed by atoms with E-state index in [9.17, 15) is 4.79 Å². The van der Waals surface area contributed by atoms with Crippen LogP contribution in [0.2, 0.25) is 0 Å². The zero-order chi connectivity index (χ0) is 18.6. The number of esters is 1. The van der Waals surface area contributed by atoms with E-state index < -0.39 is 0 Å². The Morgan fingerprint density at radius 3 is 2.60 bits per heavy atom. The Balaban J connectivity index is 2.37. The van der Waals surface area contributed by atoms with Crippen molar-refractivity contribution >= 4 is 28.6 Å². The van der Waals surface area contributed by atoms with Gasteiger partial charge in [-0.3, -0.25) is 4.79 Å². The summed E-state index contributed by atoms with van der Waals surface area (Å²) < 4.78 is 16.2. The number of likely N-dealkylation sites (tertiary alicyclic amines) is 1. The minimum absolute atomic E-state index is 0.0118. The van der Waals surface area contributed by atoms with Gasteiger partial charge in [0.1, 0.15) is 0 Å². The Labute approximate surface area is 164 Å². The number of nitrogens with zero attached hydrogens (tertiary/aromatic N) is 1. The van der Waals surface area contributed by atoms with Crippen LogP contribution in [0.15, 0.2) is 18.2 Å². The topological polar surface area (TPSA) is 48.0 Å². The third kappa shape index (κ3) is 4.22. The number of hydrogen-bond donors (Lipinski definition) is 0. The van der Waals surface area contributed by atoms with Gasteiger partial charge < -0.3 is 19.1 Å². The first-order valence-corrected chi connectivity index (χ1v) is 9.86. The molecule has 0 N–H and O–H groups in total. The van der Waals surface area contributed by atoms with E-state index in [0.29, 0.717) is 6.04 Å². The number of methoxy groups -OCH3 is 2. The van der Waals surface area contributed by atoms with Crippen LogP contribution in [0.1, 0.15) is 38.7 Å². The van der Waals surface area contributed by atoms with Crippen molar-refractivity contribution in [1.29, 1.82) is 0 Å². The maximum Gasteiger partial charge on any atom is 0.303 e. The lowest BCUT2D eigenvalue weighted by atomic mass is 9.71. The quantitative estimate of drug-likeness (QED) is 0.352. The SMILES string of the molecule is CCC1(c2ccc(OC)c(OC)c2)CCN(C)C1CC(I)OC(C)=O. The molecule has 6 heteroatoms. The summed E-state index contributed by atoms with van der Waals surface area (Å²) in [4.78, 5) is 13.7. The summed E-state index contributed by atoms with van der Waals surface area (Å²) in [5.41, 5.74) is 1.27. The first-order valence-electron chi connectivity index (χ1n) is 8.62. The smallest absolute Gasteiger partial charge is 0.303 e. The van der Waals surface area contributed by atoms with E-state index in [-0.39, 0.29) is 15.5 Å². The number of carbonyl (C=O) groups excluding carboxylic acids is 1. The number of benzene rings is 1. The minimum atomic E-state index is -0.228. The second-order valence-corrected chi connectivity index (χ2v) is 7.97. The molecule has 3 unspecified atom stereocenters. The molecule has 1 aliphatic heterocycles. The Hall–Kier alpha value is -1.02. The first-order chi connectivity index (χ1) is 11.9.